The van der Waals surface area contributed by atoms with Crippen molar-refractivity contribution in [3.63, 3.8) is 0 Å². The van der Waals surface area contributed by atoms with Crippen molar-refractivity contribution in [3.05, 3.63) is 29.1 Å². The number of nitrogens with two attached hydrogens (primary N) is 1. The highest BCUT2D eigenvalue weighted by molar-refractivity contribution is 5.41. The molecule has 0 saturated heterocycles. The van der Waals surface area contributed by atoms with Crippen LogP contribution in [0, 0.1) is 12.7 Å². The number of halogens is 4. The van der Waals surface area contributed by atoms with Crippen LogP contribution in [0.2, 0.25) is 0 Å². The predicted octanol–water partition coefficient (Wildman–Crippen LogP) is 3.18. The maximum atomic E-state index is 13.1. The van der Waals surface area contributed by atoms with Crippen molar-refractivity contribution < 1.29 is 22.7 Å². The Hall–Kier alpha value is -1.30. The molecular weight excluding hydrogens is 238 g/mol. The number of rotatable bonds is 3. The molecule has 3 N–H and O–H groups in total. The summed E-state index contributed by atoms with van der Waals surface area (Å²) in [6.45, 7) is 1.46. The normalized spacial score (nSPS) is 13.8. The molecule has 0 aromatic heterocycles. The van der Waals surface area contributed by atoms with Gasteiger partial charge in [-0.15, -0.1) is 0 Å². The topological polar surface area (TPSA) is 46.2 Å². The van der Waals surface area contributed by atoms with Gasteiger partial charge in [0.1, 0.15) is 11.6 Å². The van der Waals surface area contributed by atoms with Crippen LogP contribution in [-0.2, 0) is 0 Å². The first-order valence-electron chi connectivity index (χ1n) is 5.02. The van der Waals surface area contributed by atoms with Crippen molar-refractivity contribution in [1.82, 2.24) is 0 Å². The van der Waals surface area contributed by atoms with E-state index < -0.39 is 24.5 Å². The highest BCUT2D eigenvalue weighted by Crippen LogP contribution is 2.32. The SMILES string of the molecule is Cc1cc(F)cc([C@@H](N)CCC(F)(F)F)c1O. The van der Waals surface area contributed by atoms with Gasteiger partial charge in [0.15, 0.2) is 0 Å². The lowest BCUT2D eigenvalue weighted by Crippen LogP contribution is -2.16. The zero-order chi connectivity index (χ0) is 13.2. The Morgan fingerprint density at radius 2 is 1.94 bits per heavy atom. The summed E-state index contributed by atoms with van der Waals surface area (Å²) in [6.07, 6.45) is -5.77. The van der Waals surface area contributed by atoms with E-state index in [1.54, 1.807) is 0 Å². The summed E-state index contributed by atoms with van der Waals surface area (Å²) in [5.41, 5.74) is 5.77. The molecule has 1 atom stereocenters. The van der Waals surface area contributed by atoms with Crippen LogP contribution in [0.4, 0.5) is 17.6 Å². The molecule has 0 bridgehead atoms. The van der Waals surface area contributed by atoms with E-state index >= 15 is 0 Å². The average Bonchev–Trinajstić information content (AvgIpc) is 2.19. The summed E-state index contributed by atoms with van der Waals surface area (Å²) in [5.74, 6) is -0.876. The van der Waals surface area contributed by atoms with E-state index in [4.69, 9.17) is 5.73 Å². The number of alkyl halides is 3. The van der Waals surface area contributed by atoms with E-state index in [-0.39, 0.29) is 23.3 Å². The highest BCUT2D eigenvalue weighted by atomic mass is 19.4. The molecule has 1 aromatic rings. The van der Waals surface area contributed by atoms with Gasteiger partial charge in [-0.3, -0.25) is 0 Å². The Balaban J connectivity index is 2.85. The number of aromatic hydroxyl groups is 1. The Morgan fingerprint density at radius 1 is 1.35 bits per heavy atom. The minimum atomic E-state index is -4.31. The standard InChI is InChI=1S/C11H13F4NO/c1-6-4-7(12)5-8(10(6)17)9(16)2-3-11(13,14)15/h4-5,9,17H,2-3,16H2,1H3/t9-/m0/s1. The molecule has 1 aromatic carbocycles. The van der Waals surface area contributed by atoms with Crippen LogP contribution in [0.5, 0.6) is 5.75 Å². The van der Waals surface area contributed by atoms with E-state index in [9.17, 15) is 22.7 Å². The molecule has 6 heteroatoms. The van der Waals surface area contributed by atoms with Gasteiger partial charge in [-0.25, -0.2) is 4.39 Å². The van der Waals surface area contributed by atoms with Crippen LogP contribution < -0.4 is 5.73 Å². The Labute approximate surface area is 96.1 Å². The minimum Gasteiger partial charge on any atom is -0.507 e. The molecule has 2 nitrogen and oxygen atoms in total. The largest absolute Gasteiger partial charge is 0.507 e. The summed E-state index contributed by atoms with van der Waals surface area (Å²) >= 11 is 0. The van der Waals surface area contributed by atoms with Crippen LogP contribution in [0.3, 0.4) is 0 Å². The van der Waals surface area contributed by atoms with Crippen LogP contribution in [-0.4, -0.2) is 11.3 Å². The summed E-state index contributed by atoms with van der Waals surface area (Å²) < 4.78 is 49.0. The lowest BCUT2D eigenvalue weighted by molar-refractivity contribution is -0.136. The summed E-state index contributed by atoms with van der Waals surface area (Å²) in [5, 5.41) is 9.59. The number of hydrogen-bond donors (Lipinski definition) is 2. The Bertz CT molecular complexity index is 403. The van der Waals surface area contributed by atoms with Gasteiger partial charge in [-0.05, 0) is 31.0 Å². The van der Waals surface area contributed by atoms with Gasteiger partial charge < -0.3 is 10.8 Å². The molecule has 0 aliphatic carbocycles. The third kappa shape index (κ3) is 3.89. The maximum Gasteiger partial charge on any atom is 0.389 e. The molecule has 0 fully saturated rings. The van der Waals surface area contributed by atoms with Crippen LogP contribution in [0.15, 0.2) is 12.1 Å². The first kappa shape index (κ1) is 13.8. The second-order valence-corrected chi connectivity index (χ2v) is 3.92. The monoisotopic (exact) mass is 251 g/mol. The summed E-state index contributed by atoms with van der Waals surface area (Å²) in [4.78, 5) is 0. The molecule has 0 spiro atoms. The highest BCUT2D eigenvalue weighted by Gasteiger charge is 2.28. The zero-order valence-electron chi connectivity index (χ0n) is 9.18. The second-order valence-electron chi connectivity index (χ2n) is 3.92. The van der Waals surface area contributed by atoms with Gasteiger partial charge in [-0.2, -0.15) is 13.2 Å². The third-order valence-electron chi connectivity index (χ3n) is 2.43. The number of phenols is 1. The van der Waals surface area contributed by atoms with Gasteiger partial charge in [0.25, 0.3) is 0 Å². The molecule has 0 saturated carbocycles. The van der Waals surface area contributed by atoms with Crippen molar-refractivity contribution >= 4 is 0 Å². The first-order chi connectivity index (χ1) is 7.70. The fourth-order valence-corrected chi connectivity index (χ4v) is 1.52. The van der Waals surface area contributed by atoms with E-state index in [1.165, 1.54) is 6.92 Å². The molecule has 0 heterocycles. The van der Waals surface area contributed by atoms with Gasteiger partial charge >= 0.3 is 6.18 Å². The van der Waals surface area contributed by atoms with E-state index in [0.29, 0.717) is 0 Å². The summed E-state index contributed by atoms with van der Waals surface area (Å²) in [6, 6.07) is 1.02. The summed E-state index contributed by atoms with van der Waals surface area (Å²) in [7, 11) is 0. The quantitative estimate of drug-likeness (QED) is 0.810. The number of aryl methyl sites for hydroxylation is 1. The Kier molecular flexibility index (Phi) is 3.98. The zero-order valence-corrected chi connectivity index (χ0v) is 9.18. The van der Waals surface area contributed by atoms with E-state index in [0.717, 1.165) is 12.1 Å². The molecule has 0 unspecified atom stereocenters. The van der Waals surface area contributed by atoms with Crippen molar-refractivity contribution in [2.45, 2.75) is 32.0 Å². The molecule has 96 valence electrons. The van der Waals surface area contributed by atoms with Crippen molar-refractivity contribution in [3.8, 4) is 5.75 Å². The van der Waals surface area contributed by atoms with Crippen molar-refractivity contribution in [2.24, 2.45) is 5.73 Å². The van der Waals surface area contributed by atoms with Crippen LogP contribution in [0.1, 0.15) is 30.0 Å². The third-order valence-corrected chi connectivity index (χ3v) is 2.43. The van der Waals surface area contributed by atoms with E-state index in [1.807, 2.05) is 0 Å². The molecule has 0 aliphatic heterocycles. The van der Waals surface area contributed by atoms with Crippen LogP contribution in [0.25, 0.3) is 0 Å². The Morgan fingerprint density at radius 3 is 2.47 bits per heavy atom. The maximum absolute atomic E-state index is 13.1. The lowest BCUT2D eigenvalue weighted by atomic mass is 9.99. The number of phenolic OH excluding ortho intramolecular Hbond substituents is 1. The fourth-order valence-electron chi connectivity index (χ4n) is 1.52. The van der Waals surface area contributed by atoms with Gasteiger partial charge in [0, 0.05) is 18.0 Å². The fraction of sp³-hybridized carbons (Fsp3) is 0.455. The second kappa shape index (κ2) is 4.91. The van der Waals surface area contributed by atoms with E-state index in [2.05, 4.69) is 0 Å². The average molecular weight is 251 g/mol. The number of benzene rings is 1. The molecule has 17 heavy (non-hydrogen) atoms. The molecule has 0 aliphatic rings. The minimum absolute atomic E-state index is 0.00625. The molecular formula is C11H13F4NO. The van der Waals surface area contributed by atoms with Gasteiger partial charge in [-0.1, -0.05) is 0 Å². The number of hydrogen-bond acceptors (Lipinski definition) is 2. The predicted molar refractivity (Wildman–Crippen MR) is 55.0 cm³/mol. The van der Waals surface area contributed by atoms with Crippen LogP contribution >= 0.6 is 0 Å². The lowest BCUT2D eigenvalue weighted by Gasteiger charge is -2.16. The van der Waals surface area contributed by atoms with Crippen molar-refractivity contribution in [2.75, 3.05) is 0 Å². The molecule has 0 radical (unpaired) electrons. The van der Waals surface area contributed by atoms with Gasteiger partial charge in [0.2, 0.25) is 0 Å². The molecule has 0 amide bonds. The van der Waals surface area contributed by atoms with Gasteiger partial charge in [0.05, 0.1) is 0 Å². The first-order valence-corrected chi connectivity index (χ1v) is 5.02. The van der Waals surface area contributed by atoms with Crippen molar-refractivity contribution in [1.29, 1.82) is 0 Å². The molecule has 1 rings (SSSR count). The smallest absolute Gasteiger partial charge is 0.389 e.